The van der Waals surface area contributed by atoms with Crippen molar-refractivity contribution in [2.45, 2.75) is 33.6 Å². The van der Waals surface area contributed by atoms with Gasteiger partial charge < -0.3 is 0 Å². The van der Waals surface area contributed by atoms with Crippen molar-refractivity contribution < 1.29 is 0 Å². The average molecular weight is 332 g/mol. The molecule has 6 heteroatoms. The van der Waals surface area contributed by atoms with Crippen LogP contribution in [0.25, 0.3) is 11.3 Å². The first kappa shape index (κ1) is 15.5. The molecule has 0 aliphatic carbocycles. The van der Waals surface area contributed by atoms with Crippen LogP contribution in [0.4, 0.5) is 0 Å². The average Bonchev–Trinajstić information content (AvgIpc) is 3.24. The summed E-state index contributed by atoms with van der Waals surface area (Å²) < 4.78 is 3.72. The van der Waals surface area contributed by atoms with E-state index in [0.717, 1.165) is 41.3 Å². The molecule has 3 aromatic heterocycles. The Morgan fingerprint density at radius 2 is 1.88 bits per heavy atom. The van der Waals surface area contributed by atoms with Crippen molar-refractivity contribution in [3.63, 3.8) is 0 Å². The van der Waals surface area contributed by atoms with Gasteiger partial charge in [0, 0.05) is 23.4 Å². The molecule has 0 atom stereocenters. The number of rotatable bonds is 4. The van der Waals surface area contributed by atoms with Crippen molar-refractivity contribution >= 4 is 5.65 Å². The van der Waals surface area contributed by atoms with Crippen LogP contribution < -0.4 is 0 Å². The molecule has 0 bridgehead atoms. The van der Waals surface area contributed by atoms with Crippen molar-refractivity contribution in [1.82, 2.24) is 29.6 Å². The first-order valence-corrected chi connectivity index (χ1v) is 8.46. The third-order valence-electron chi connectivity index (χ3n) is 4.41. The fraction of sp³-hybridized carbons (Fsp3) is 0.263. The van der Waals surface area contributed by atoms with Crippen molar-refractivity contribution in [1.29, 1.82) is 0 Å². The summed E-state index contributed by atoms with van der Waals surface area (Å²) >= 11 is 0. The first-order valence-electron chi connectivity index (χ1n) is 8.46. The van der Waals surface area contributed by atoms with Gasteiger partial charge in [0.1, 0.15) is 0 Å². The molecule has 0 aliphatic rings. The second-order valence-electron chi connectivity index (χ2n) is 6.24. The molecule has 1 aromatic carbocycles. The van der Waals surface area contributed by atoms with Gasteiger partial charge in [-0.15, -0.1) is 5.10 Å². The molecule has 0 fully saturated rings. The van der Waals surface area contributed by atoms with Gasteiger partial charge >= 0.3 is 0 Å². The van der Waals surface area contributed by atoms with Crippen LogP contribution in [-0.4, -0.2) is 29.6 Å². The van der Waals surface area contributed by atoms with Crippen LogP contribution in [0.3, 0.4) is 0 Å². The minimum Gasteiger partial charge on any atom is -0.234 e. The number of fused-ring (bicyclic) bond motifs is 1. The first-order chi connectivity index (χ1) is 12.2. The summed E-state index contributed by atoms with van der Waals surface area (Å²) in [5.74, 6) is 0. The number of aryl methyl sites for hydroxylation is 3. The van der Waals surface area contributed by atoms with Gasteiger partial charge in [0.2, 0.25) is 0 Å². The lowest BCUT2D eigenvalue weighted by molar-refractivity contribution is 0.803. The van der Waals surface area contributed by atoms with Gasteiger partial charge in [0.25, 0.3) is 0 Å². The zero-order valence-corrected chi connectivity index (χ0v) is 14.6. The molecule has 0 aliphatic heterocycles. The third-order valence-corrected chi connectivity index (χ3v) is 4.41. The molecule has 0 unspecified atom stereocenters. The molecule has 4 aromatic rings. The molecule has 0 saturated carbocycles. The quantitative estimate of drug-likeness (QED) is 0.576. The summed E-state index contributed by atoms with van der Waals surface area (Å²) in [6.07, 6.45) is 5.23. The second-order valence-corrected chi connectivity index (χ2v) is 6.24. The van der Waals surface area contributed by atoms with Gasteiger partial charge in [-0.3, -0.25) is 0 Å². The van der Waals surface area contributed by atoms with E-state index >= 15 is 0 Å². The van der Waals surface area contributed by atoms with Crippen molar-refractivity contribution in [3.05, 3.63) is 70.9 Å². The minimum absolute atomic E-state index is 0.820. The van der Waals surface area contributed by atoms with E-state index < -0.39 is 0 Å². The van der Waals surface area contributed by atoms with Crippen LogP contribution in [0, 0.1) is 13.8 Å². The number of hydrogen-bond donors (Lipinski definition) is 0. The summed E-state index contributed by atoms with van der Waals surface area (Å²) in [6.45, 7) is 6.24. The Bertz CT molecular complexity index is 1010. The molecule has 0 spiro atoms. The molecule has 6 nitrogen and oxygen atoms in total. The fourth-order valence-corrected chi connectivity index (χ4v) is 3.19. The summed E-state index contributed by atoms with van der Waals surface area (Å²) in [6, 6.07) is 10.4. The molecular formula is C19H20N6. The van der Waals surface area contributed by atoms with Gasteiger partial charge in [-0.1, -0.05) is 24.3 Å². The Morgan fingerprint density at radius 3 is 2.56 bits per heavy atom. The third kappa shape index (κ3) is 2.80. The lowest BCUT2D eigenvalue weighted by atomic mass is 10.0. The van der Waals surface area contributed by atoms with E-state index in [1.807, 2.05) is 17.6 Å². The second kappa shape index (κ2) is 6.12. The highest BCUT2D eigenvalue weighted by molar-refractivity contribution is 5.54. The van der Waals surface area contributed by atoms with Crippen LogP contribution in [0.5, 0.6) is 0 Å². The Morgan fingerprint density at radius 1 is 1.08 bits per heavy atom. The largest absolute Gasteiger partial charge is 0.234 e. The molecule has 0 N–H and O–H groups in total. The van der Waals surface area contributed by atoms with E-state index in [4.69, 9.17) is 10.1 Å². The summed E-state index contributed by atoms with van der Waals surface area (Å²) in [7, 11) is 0. The molecule has 4 rings (SSSR count). The maximum atomic E-state index is 4.76. The fourth-order valence-electron chi connectivity index (χ4n) is 3.19. The number of nitrogens with zero attached hydrogens (tertiary/aromatic N) is 6. The normalized spacial score (nSPS) is 11.3. The molecular weight excluding hydrogens is 312 g/mol. The van der Waals surface area contributed by atoms with Crippen molar-refractivity contribution in [2.24, 2.45) is 0 Å². The molecule has 3 heterocycles. The lowest BCUT2D eigenvalue weighted by Gasteiger charge is -2.05. The van der Waals surface area contributed by atoms with Crippen molar-refractivity contribution in [2.75, 3.05) is 0 Å². The van der Waals surface area contributed by atoms with E-state index in [0.29, 0.717) is 0 Å². The van der Waals surface area contributed by atoms with Crippen LogP contribution in [0.15, 0.2) is 42.7 Å². The molecule has 0 radical (unpaired) electrons. The summed E-state index contributed by atoms with van der Waals surface area (Å²) in [5, 5.41) is 12.6. The van der Waals surface area contributed by atoms with Gasteiger partial charge in [-0.25, -0.2) is 14.2 Å². The highest BCUT2D eigenvalue weighted by Gasteiger charge is 2.15. The predicted molar refractivity (Wildman–Crippen MR) is 96.0 cm³/mol. The number of aromatic nitrogens is 6. The Labute approximate surface area is 146 Å². The maximum absolute atomic E-state index is 4.76. The van der Waals surface area contributed by atoms with Crippen LogP contribution in [0.1, 0.15) is 35.1 Å². The summed E-state index contributed by atoms with van der Waals surface area (Å²) in [4.78, 5) is 4.74. The Balaban J connectivity index is 1.73. The Kier molecular flexibility index (Phi) is 3.80. The van der Waals surface area contributed by atoms with Crippen LogP contribution >= 0.6 is 0 Å². The smallest absolute Gasteiger partial charge is 0.159 e. The van der Waals surface area contributed by atoms with Gasteiger partial charge in [0.15, 0.2) is 5.65 Å². The van der Waals surface area contributed by atoms with Gasteiger partial charge in [-0.2, -0.15) is 5.10 Å². The van der Waals surface area contributed by atoms with Crippen LogP contribution in [0.2, 0.25) is 0 Å². The van der Waals surface area contributed by atoms with E-state index in [9.17, 15) is 0 Å². The maximum Gasteiger partial charge on any atom is 0.159 e. The van der Waals surface area contributed by atoms with E-state index in [2.05, 4.69) is 54.5 Å². The zero-order valence-electron chi connectivity index (χ0n) is 14.6. The molecule has 25 heavy (non-hydrogen) atoms. The standard InChI is InChI=1S/C19H20N6/c1-4-18-17(19-21-13(2)11-14(3)25(19)22-18)12-15-5-7-16(8-6-15)24-10-9-20-23-24/h5-11H,4,12H2,1-3H3. The zero-order chi connectivity index (χ0) is 17.4. The highest BCUT2D eigenvalue weighted by atomic mass is 15.4. The topological polar surface area (TPSA) is 60.9 Å². The van der Waals surface area contributed by atoms with Gasteiger partial charge in [-0.05, 0) is 44.0 Å². The summed E-state index contributed by atoms with van der Waals surface area (Å²) in [5.41, 5.74) is 7.66. The molecule has 0 amide bonds. The van der Waals surface area contributed by atoms with Crippen molar-refractivity contribution in [3.8, 4) is 5.69 Å². The predicted octanol–water partition coefficient (Wildman–Crippen LogP) is 3.08. The minimum atomic E-state index is 0.820. The number of benzene rings is 1. The highest BCUT2D eigenvalue weighted by Crippen LogP contribution is 2.21. The van der Waals surface area contributed by atoms with E-state index in [-0.39, 0.29) is 0 Å². The van der Waals surface area contributed by atoms with Crippen LogP contribution in [-0.2, 0) is 12.8 Å². The molecule has 126 valence electrons. The number of hydrogen-bond acceptors (Lipinski definition) is 4. The monoisotopic (exact) mass is 332 g/mol. The van der Waals surface area contributed by atoms with Gasteiger partial charge in [0.05, 0.1) is 23.8 Å². The molecule has 0 saturated heterocycles. The lowest BCUT2D eigenvalue weighted by Crippen LogP contribution is -1.99. The Hall–Kier alpha value is -3.02. The van der Waals surface area contributed by atoms with E-state index in [1.165, 1.54) is 11.1 Å². The SMILES string of the molecule is CCc1nn2c(C)cc(C)nc2c1Cc1ccc(-n2ccnn2)cc1. The van der Waals surface area contributed by atoms with E-state index in [1.54, 1.807) is 10.9 Å².